The van der Waals surface area contributed by atoms with Gasteiger partial charge in [0.2, 0.25) is 11.8 Å². The average molecular weight is 382 g/mol. The van der Waals surface area contributed by atoms with Crippen molar-refractivity contribution in [1.82, 2.24) is 4.90 Å². The molecule has 0 aliphatic heterocycles. The van der Waals surface area contributed by atoms with Gasteiger partial charge in [0.15, 0.2) is 0 Å². The molecule has 2 N–H and O–H groups in total. The molecule has 0 unspecified atom stereocenters. The van der Waals surface area contributed by atoms with E-state index in [1.807, 2.05) is 57.2 Å². The van der Waals surface area contributed by atoms with Crippen LogP contribution in [0.2, 0.25) is 0 Å². The van der Waals surface area contributed by atoms with Crippen molar-refractivity contribution < 1.29 is 9.59 Å². The summed E-state index contributed by atoms with van der Waals surface area (Å²) in [5.74, 6) is 0.0530. The van der Waals surface area contributed by atoms with Crippen LogP contribution >= 0.6 is 0 Å². The predicted molar refractivity (Wildman–Crippen MR) is 116 cm³/mol. The summed E-state index contributed by atoms with van der Waals surface area (Å²) in [7, 11) is 1.77. The van der Waals surface area contributed by atoms with Crippen LogP contribution in [0.3, 0.4) is 0 Å². The van der Waals surface area contributed by atoms with Gasteiger partial charge in [-0.1, -0.05) is 44.2 Å². The molecule has 28 heavy (non-hydrogen) atoms. The van der Waals surface area contributed by atoms with E-state index in [1.165, 1.54) is 0 Å². The molecule has 0 saturated heterocycles. The van der Waals surface area contributed by atoms with Gasteiger partial charge < -0.3 is 10.6 Å². The highest BCUT2D eigenvalue weighted by atomic mass is 16.2. The normalized spacial score (nSPS) is 11.0. The molecule has 0 aliphatic rings. The van der Waals surface area contributed by atoms with E-state index in [4.69, 9.17) is 0 Å². The fourth-order valence-corrected chi connectivity index (χ4v) is 3.14. The van der Waals surface area contributed by atoms with Crippen molar-refractivity contribution in [2.45, 2.75) is 40.5 Å². The molecule has 150 valence electrons. The Morgan fingerprint density at radius 3 is 2.11 bits per heavy atom. The number of likely N-dealkylation sites (N-methyl/N-ethyl adjacent to an activating group) is 1. The Kier molecular flexibility index (Phi) is 7.35. The van der Waals surface area contributed by atoms with E-state index in [9.17, 15) is 9.59 Å². The Bertz CT molecular complexity index is 859. The van der Waals surface area contributed by atoms with Crippen LogP contribution in [0.5, 0.6) is 0 Å². The molecule has 0 spiro atoms. The topological polar surface area (TPSA) is 61.4 Å². The number of aryl methyl sites for hydroxylation is 2. The highest BCUT2D eigenvalue weighted by Gasteiger charge is 2.15. The molecule has 2 amide bonds. The van der Waals surface area contributed by atoms with E-state index in [0.29, 0.717) is 5.92 Å². The number of anilines is 2. The summed E-state index contributed by atoms with van der Waals surface area (Å²) in [6.07, 6.45) is 0. The van der Waals surface area contributed by atoms with Gasteiger partial charge in [-0.2, -0.15) is 0 Å². The molecule has 0 heterocycles. The molecule has 0 saturated carbocycles. The van der Waals surface area contributed by atoms with Gasteiger partial charge in [-0.3, -0.25) is 14.5 Å². The second kappa shape index (κ2) is 9.51. The summed E-state index contributed by atoms with van der Waals surface area (Å²) in [6, 6.07) is 11.8. The molecule has 0 radical (unpaired) electrons. The quantitative estimate of drug-likeness (QED) is 0.754. The van der Waals surface area contributed by atoms with Crippen LogP contribution in [0.1, 0.15) is 42.0 Å². The second-order valence-corrected chi connectivity index (χ2v) is 7.71. The number of benzene rings is 2. The van der Waals surface area contributed by atoms with E-state index >= 15 is 0 Å². The zero-order valence-electron chi connectivity index (χ0n) is 17.7. The lowest BCUT2D eigenvalue weighted by atomic mass is 9.98. The molecular formula is C23H31N3O2. The molecule has 0 aliphatic carbocycles. The van der Waals surface area contributed by atoms with Crippen LogP contribution in [0.15, 0.2) is 36.4 Å². The number of rotatable bonds is 7. The average Bonchev–Trinajstić information content (AvgIpc) is 2.60. The summed E-state index contributed by atoms with van der Waals surface area (Å²) in [5.41, 5.74) is 6.01. The van der Waals surface area contributed by atoms with E-state index < -0.39 is 0 Å². The molecule has 5 nitrogen and oxygen atoms in total. The molecule has 2 aromatic rings. The number of amides is 2. The van der Waals surface area contributed by atoms with Crippen molar-refractivity contribution in [2.75, 3.05) is 30.8 Å². The van der Waals surface area contributed by atoms with Gasteiger partial charge in [0, 0.05) is 11.4 Å². The first-order valence-electron chi connectivity index (χ1n) is 9.63. The second-order valence-electron chi connectivity index (χ2n) is 7.71. The summed E-state index contributed by atoms with van der Waals surface area (Å²) < 4.78 is 0. The third-order valence-electron chi connectivity index (χ3n) is 4.90. The van der Waals surface area contributed by atoms with Crippen LogP contribution in [0, 0.1) is 20.8 Å². The third kappa shape index (κ3) is 5.67. The fraction of sp³-hybridized carbons (Fsp3) is 0.391. The largest absolute Gasteiger partial charge is 0.325 e. The SMILES string of the molecule is Cc1cccc(NC(=O)CN(C)CC(=O)Nc2c(C)cccc2C(C)C)c1C. The predicted octanol–water partition coefficient (Wildman–Crippen LogP) is 4.24. The highest BCUT2D eigenvalue weighted by molar-refractivity contribution is 5.96. The van der Waals surface area contributed by atoms with Crippen molar-refractivity contribution in [3.05, 3.63) is 58.7 Å². The van der Waals surface area contributed by atoms with Gasteiger partial charge in [0.05, 0.1) is 13.1 Å². The first kappa shape index (κ1) is 21.6. The Balaban J connectivity index is 1.94. The fourth-order valence-electron chi connectivity index (χ4n) is 3.14. The maximum Gasteiger partial charge on any atom is 0.238 e. The molecule has 0 atom stereocenters. The van der Waals surface area contributed by atoms with E-state index in [1.54, 1.807) is 11.9 Å². The van der Waals surface area contributed by atoms with Crippen molar-refractivity contribution in [1.29, 1.82) is 0 Å². The molecule has 0 fully saturated rings. The Morgan fingerprint density at radius 1 is 0.893 bits per heavy atom. The maximum absolute atomic E-state index is 12.5. The van der Waals surface area contributed by atoms with Crippen LogP contribution < -0.4 is 10.6 Å². The lowest BCUT2D eigenvalue weighted by molar-refractivity contribution is -0.119. The summed E-state index contributed by atoms with van der Waals surface area (Å²) in [5, 5.41) is 5.94. The van der Waals surface area contributed by atoms with Crippen LogP contribution in [-0.2, 0) is 9.59 Å². The summed E-state index contributed by atoms with van der Waals surface area (Å²) in [6.45, 7) is 10.5. The zero-order valence-corrected chi connectivity index (χ0v) is 17.7. The Hall–Kier alpha value is -2.66. The molecule has 0 aromatic heterocycles. The number of hydrogen-bond acceptors (Lipinski definition) is 3. The van der Waals surface area contributed by atoms with Crippen molar-refractivity contribution >= 4 is 23.2 Å². The molecule has 5 heteroatoms. The number of para-hydroxylation sites is 1. The third-order valence-corrected chi connectivity index (χ3v) is 4.90. The number of hydrogen-bond donors (Lipinski definition) is 2. The molecule has 2 aromatic carbocycles. The minimum atomic E-state index is -0.136. The number of carbonyl (C=O) groups is 2. The van der Waals surface area contributed by atoms with Gasteiger partial charge >= 0.3 is 0 Å². The number of nitrogens with zero attached hydrogens (tertiary/aromatic N) is 1. The number of nitrogens with one attached hydrogen (secondary N) is 2. The molecular weight excluding hydrogens is 350 g/mol. The van der Waals surface area contributed by atoms with Gasteiger partial charge in [-0.05, 0) is 62.1 Å². The maximum atomic E-state index is 12.5. The first-order chi connectivity index (χ1) is 13.2. The van der Waals surface area contributed by atoms with Gasteiger partial charge in [0.1, 0.15) is 0 Å². The van der Waals surface area contributed by atoms with Gasteiger partial charge in [-0.15, -0.1) is 0 Å². The monoisotopic (exact) mass is 381 g/mol. The van der Waals surface area contributed by atoms with Crippen LogP contribution in [0.4, 0.5) is 11.4 Å². The summed E-state index contributed by atoms with van der Waals surface area (Å²) >= 11 is 0. The Labute approximate surface area is 168 Å². The minimum Gasteiger partial charge on any atom is -0.325 e. The smallest absolute Gasteiger partial charge is 0.238 e. The lowest BCUT2D eigenvalue weighted by Crippen LogP contribution is -2.36. The van der Waals surface area contributed by atoms with Crippen molar-refractivity contribution in [3.8, 4) is 0 Å². The first-order valence-corrected chi connectivity index (χ1v) is 9.63. The van der Waals surface area contributed by atoms with Crippen molar-refractivity contribution in [3.63, 3.8) is 0 Å². The highest BCUT2D eigenvalue weighted by Crippen LogP contribution is 2.27. The lowest BCUT2D eigenvalue weighted by Gasteiger charge is -2.19. The van der Waals surface area contributed by atoms with Gasteiger partial charge in [-0.25, -0.2) is 0 Å². The van der Waals surface area contributed by atoms with Crippen molar-refractivity contribution in [2.24, 2.45) is 0 Å². The van der Waals surface area contributed by atoms with E-state index in [-0.39, 0.29) is 24.9 Å². The molecule has 0 bridgehead atoms. The molecule has 2 rings (SSSR count). The van der Waals surface area contributed by atoms with Gasteiger partial charge in [0.25, 0.3) is 0 Å². The minimum absolute atomic E-state index is 0.127. The number of carbonyl (C=O) groups excluding carboxylic acids is 2. The van der Waals surface area contributed by atoms with Crippen LogP contribution in [0.25, 0.3) is 0 Å². The zero-order chi connectivity index (χ0) is 20.8. The summed E-state index contributed by atoms with van der Waals surface area (Å²) in [4.78, 5) is 26.6. The standard InChI is InChI=1S/C23H31N3O2/c1-15(2)19-11-7-10-17(4)23(19)25-22(28)14-26(6)13-21(27)24-20-12-8-9-16(3)18(20)5/h7-12,15H,13-14H2,1-6H3,(H,24,27)(H,25,28). The van der Waals surface area contributed by atoms with Crippen LogP contribution in [-0.4, -0.2) is 36.9 Å². The Morgan fingerprint density at radius 2 is 1.46 bits per heavy atom. The van der Waals surface area contributed by atoms with E-state index in [0.717, 1.165) is 33.6 Å². The van der Waals surface area contributed by atoms with E-state index in [2.05, 4.69) is 24.5 Å².